The van der Waals surface area contributed by atoms with E-state index < -0.39 is 18.0 Å². The van der Waals surface area contributed by atoms with Crippen LogP contribution in [-0.2, 0) is 20.9 Å². The van der Waals surface area contributed by atoms with Gasteiger partial charge < -0.3 is 29.6 Å². The first kappa shape index (κ1) is 23.1. The van der Waals surface area contributed by atoms with E-state index in [2.05, 4.69) is 10.6 Å². The fourth-order valence-corrected chi connectivity index (χ4v) is 3.34. The van der Waals surface area contributed by atoms with Crippen LogP contribution < -0.4 is 20.1 Å². The summed E-state index contributed by atoms with van der Waals surface area (Å²) in [4.78, 5) is 24.9. The molecule has 2 amide bonds. The fraction of sp³-hybridized carbons (Fsp3) is 0.333. The topological polar surface area (TPSA) is 95.1 Å². The fourth-order valence-electron chi connectivity index (χ4n) is 3.34. The number of hydrogen-bond donors (Lipinski definition) is 2. The van der Waals surface area contributed by atoms with Gasteiger partial charge in [-0.1, -0.05) is 36.4 Å². The summed E-state index contributed by atoms with van der Waals surface area (Å²) in [6, 6.07) is 14.1. The molecular formula is C24H28N2O6. The Kier molecular flexibility index (Phi) is 8.10. The highest BCUT2D eigenvalue weighted by Crippen LogP contribution is 2.35. The first-order valence-electron chi connectivity index (χ1n) is 10.4. The van der Waals surface area contributed by atoms with E-state index in [4.69, 9.17) is 18.9 Å². The minimum absolute atomic E-state index is 0.114. The lowest BCUT2D eigenvalue weighted by Gasteiger charge is -2.28. The SMILES string of the molecule is CCOc1cc([C@H]2NC(=O)NC(C)=C2C(=O)OCCOC)ccc1OCc1ccccc1. The first-order valence-corrected chi connectivity index (χ1v) is 10.4. The highest BCUT2D eigenvalue weighted by Gasteiger charge is 2.32. The molecule has 0 spiro atoms. The minimum atomic E-state index is -0.693. The van der Waals surface area contributed by atoms with E-state index in [9.17, 15) is 9.59 Å². The quantitative estimate of drug-likeness (QED) is 0.434. The van der Waals surface area contributed by atoms with Crippen LogP contribution in [0.3, 0.4) is 0 Å². The number of urea groups is 1. The van der Waals surface area contributed by atoms with Crippen molar-refractivity contribution in [3.63, 3.8) is 0 Å². The Morgan fingerprint density at radius 3 is 2.53 bits per heavy atom. The summed E-state index contributed by atoms with van der Waals surface area (Å²) < 4.78 is 22.0. The maximum absolute atomic E-state index is 12.7. The Morgan fingerprint density at radius 1 is 1.03 bits per heavy atom. The van der Waals surface area contributed by atoms with Crippen molar-refractivity contribution in [1.82, 2.24) is 10.6 Å². The van der Waals surface area contributed by atoms with Gasteiger partial charge in [0.1, 0.15) is 13.2 Å². The smallest absolute Gasteiger partial charge is 0.338 e. The maximum atomic E-state index is 12.7. The number of methoxy groups -OCH3 is 1. The predicted molar refractivity (Wildman–Crippen MR) is 118 cm³/mol. The predicted octanol–water partition coefficient (Wildman–Crippen LogP) is 3.48. The second-order valence-corrected chi connectivity index (χ2v) is 7.11. The molecule has 2 N–H and O–H groups in total. The van der Waals surface area contributed by atoms with Gasteiger partial charge in [-0.15, -0.1) is 0 Å². The molecular weight excluding hydrogens is 412 g/mol. The molecule has 0 radical (unpaired) electrons. The van der Waals surface area contributed by atoms with Crippen molar-refractivity contribution in [3.8, 4) is 11.5 Å². The van der Waals surface area contributed by atoms with E-state index in [-0.39, 0.29) is 13.2 Å². The van der Waals surface area contributed by atoms with Crippen LogP contribution in [0.2, 0.25) is 0 Å². The summed E-state index contributed by atoms with van der Waals surface area (Å²) in [5.74, 6) is 0.572. The lowest BCUT2D eigenvalue weighted by atomic mass is 9.95. The molecule has 0 aromatic heterocycles. The molecule has 2 aromatic carbocycles. The average molecular weight is 440 g/mol. The molecule has 3 rings (SSSR count). The van der Waals surface area contributed by atoms with Gasteiger partial charge in [-0.05, 0) is 37.1 Å². The summed E-state index contributed by atoms with van der Waals surface area (Å²) in [7, 11) is 1.53. The number of carbonyl (C=O) groups is 2. The number of nitrogens with one attached hydrogen (secondary N) is 2. The molecule has 0 bridgehead atoms. The lowest BCUT2D eigenvalue weighted by Crippen LogP contribution is -2.45. The summed E-state index contributed by atoms with van der Waals surface area (Å²) in [5.41, 5.74) is 2.46. The maximum Gasteiger partial charge on any atom is 0.338 e. The molecule has 1 aliphatic rings. The third kappa shape index (κ3) is 5.79. The molecule has 0 saturated carbocycles. The van der Waals surface area contributed by atoms with Gasteiger partial charge >= 0.3 is 12.0 Å². The average Bonchev–Trinajstić information content (AvgIpc) is 2.78. The molecule has 1 aliphatic heterocycles. The van der Waals surface area contributed by atoms with E-state index >= 15 is 0 Å². The zero-order chi connectivity index (χ0) is 22.9. The van der Waals surface area contributed by atoms with Crippen LogP contribution >= 0.6 is 0 Å². The van der Waals surface area contributed by atoms with Gasteiger partial charge in [0.05, 0.1) is 24.8 Å². The van der Waals surface area contributed by atoms with Gasteiger partial charge in [0, 0.05) is 12.8 Å². The molecule has 0 aliphatic carbocycles. The number of esters is 1. The number of ether oxygens (including phenoxy) is 4. The summed E-state index contributed by atoms with van der Waals surface area (Å²) in [5, 5.41) is 5.43. The Labute approximate surface area is 187 Å². The van der Waals surface area contributed by atoms with Crippen LogP contribution in [0, 0.1) is 0 Å². The van der Waals surface area contributed by atoms with Gasteiger partial charge in [0.15, 0.2) is 11.5 Å². The Hall–Kier alpha value is -3.52. The molecule has 1 atom stereocenters. The van der Waals surface area contributed by atoms with Crippen LogP contribution in [0.25, 0.3) is 0 Å². The van der Waals surface area contributed by atoms with Crippen LogP contribution in [-0.4, -0.2) is 38.9 Å². The van der Waals surface area contributed by atoms with Crippen molar-refractivity contribution in [2.24, 2.45) is 0 Å². The Morgan fingerprint density at radius 2 is 1.81 bits per heavy atom. The van der Waals surface area contributed by atoms with Crippen LogP contribution in [0.1, 0.15) is 31.0 Å². The third-order valence-electron chi connectivity index (χ3n) is 4.85. The van der Waals surface area contributed by atoms with Gasteiger partial charge in [0.25, 0.3) is 0 Å². The van der Waals surface area contributed by atoms with Crippen LogP contribution in [0.5, 0.6) is 11.5 Å². The van der Waals surface area contributed by atoms with Crippen molar-refractivity contribution >= 4 is 12.0 Å². The number of rotatable bonds is 10. The Bertz CT molecular complexity index is 974. The largest absolute Gasteiger partial charge is 0.490 e. The number of carbonyl (C=O) groups excluding carboxylic acids is 2. The summed E-state index contributed by atoms with van der Waals surface area (Å²) in [6.45, 7) is 4.76. The molecule has 32 heavy (non-hydrogen) atoms. The highest BCUT2D eigenvalue weighted by atomic mass is 16.6. The van der Waals surface area contributed by atoms with E-state index in [1.54, 1.807) is 25.1 Å². The zero-order valence-corrected chi connectivity index (χ0v) is 18.5. The highest BCUT2D eigenvalue weighted by molar-refractivity contribution is 5.95. The van der Waals surface area contributed by atoms with Crippen molar-refractivity contribution in [1.29, 1.82) is 0 Å². The molecule has 8 nitrogen and oxygen atoms in total. The summed E-state index contributed by atoms with van der Waals surface area (Å²) >= 11 is 0. The van der Waals surface area contributed by atoms with Crippen molar-refractivity contribution < 1.29 is 28.5 Å². The monoisotopic (exact) mass is 440 g/mol. The molecule has 0 fully saturated rings. The first-order chi connectivity index (χ1) is 15.5. The molecule has 170 valence electrons. The number of hydrogen-bond acceptors (Lipinski definition) is 6. The van der Waals surface area contributed by atoms with E-state index in [0.717, 1.165) is 5.56 Å². The van der Waals surface area contributed by atoms with Crippen molar-refractivity contribution in [3.05, 3.63) is 70.9 Å². The number of amides is 2. The van der Waals surface area contributed by atoms with Gasteiger partial charge in [-0.2, -0.15) is 0 Å². The second kappa shape index (κ2) is 11.2. The summed E-state index contributed by atoms with van der Waals surface area (Å²) in [6.07, 6.45) is 0. The van der Waals surface area contributed by atoms with Crippen LogP contribution in [0.4, 0.5) is 4.79 Å². The Balaban J connectivity index is 1.86. The van der Waals surface area contributed by atoms with E-state index in [1.165, 1.54) is 7.11 Å². The molecule has 0 unspecified atom stereocenters. The zero-order valence-electron chi connectivity index (χ0n) is 18.5. The van der Waals surface area contributed by atoms with Crippen molar-refractivity contribution in [2.45, 2.75) is 26.5 Å². The van der Waals surface area contributed by atoms with Gasteiger partial charge in [0.2, 0.25) is 0 Å². The lowest BCUT2D eigenvalue weighted by molar-refractivity contribution is -0.140. The van der Waals surface area contributed by atoms with Crippen molar-refractivity contribution in [2.75, 3.05) is 26.9 Å². The standard InChI is InChI=1S/C24H28N2O6/c1-4-30-20-14-18(10-11-19(20)32-15-17-8-6-5-7-9-17)22-21(16(2)25-24(28)26-22)23(27)31-13-12-29-3/h5-11,14,22H,4,12-13,15H2,1-3H3,(H2,25,26,28)/t22-/m1/s1. The number of allylic oxidation sites excluding steroid dienone is 1. The normalized spacial score (nSPS) is 15.6. The number of benzene rings is 2. The van der Waals surface area contributed by atoms with Gasteiger partial charge in [-0.3, -0.25) is 0 Å². The van der Waals surface area contributed by atoms with Crippen LogP contribution in [0.15, 0.2) is 59.8 Å². The molecule has 2 aromatic rings. The molecule has 0 saturated heterocycles. The molecule has 1 heterocycles. The third-order valence-corrected chi connectivity index (χ3v) is 4.85. The second-order valence-electron chi connectivity index (χ2n) is 7.11. The molecule has 8 heteroatoms. The minimum Gasteiger partial charge on any atom is -0.490 e. The van der Waals surface area contributed by atoms with E-state index in [0.29, 0.717) is 41.5 Å². The van der Waals surface area contributed by atoms with Gasteiger partial charge in [-0.25, -0.2) is 9.59 Å². The van der Waals surface area contributed by atoms with E-state index in [1.807, 2.05) is 37.3 Å².